The molecule has 0 bridgehead atoms. The maximum atomic E-state index is 13.2. The Bertz CT molecular complexity index is 1030. The number of sulfonamides is 1. The number of ether oxygens (including phenoxy) is 1. The number of carbonyl (C=O) groups is 2. The summed E-state index contributed by atoms with van der Waals surface area (Å²) in [6, 6.07) is 8.70. The Morgan fingerprint density at radius 2 is 1.62 bits per heavy atom. The van der Waals surface area contributed by atoms with Crippen LogP contribution >= 0.6 is 0 Å². The van der Waals surface area contributed by atoms with E-state index in [1.807, 2.05) is 12.1 Å². The van der Waals surface area contributed by atoms with Crippen molar-refractivity contribution in [2.45, 2.75) is 18.7 Å². The SMILES string of the molecule is COC(=O)c1cc(S(=O)(=O)N2CCN(c3ccc(C(C)=O)cc3)CC2)c(C)n1C. The molecule has 9 heteroatoms. The van der Waals surface area contributed by atoms with Gasteiger partial charge < -0.3 is 14.2 Å². The first-order chi connectivity index (χ1) is 13.7. The normalized spacial score (nSPS) is 15.4. The van der Waals surface area contributed by atoms with E-state index in [1.165, 1.54) is 29.0 Å². The quantitative estimate of drug-likeness (QED) is 0.543. The van der Waals surface area contributed by atoms with E-state index in [0.717, 1.165) is 5.69 Å². The van der Waals surface area contributed by atoms with E-state index in [0.29, 0.717) is 37.4 Å². The third-order valence-electron chi connectivity index (χ3n) is 5.38. The van der Waals surface area contributed by atoms with Crippen LogP contribution in [0.15, 0.2) is 35.2 Å². The molecule has 8 nitrogen and oxygen atoms in total. The highest BCUT2D eigenvalue weighted by Crippen LogP contribution is 2.26. The Balaban J connectivity index is 1.76. The van der Waals surface area contributed by atoms with Gasteiger partial charge in [0.15, 0.2) is 5.78 Å². The molecule has 1 saturated heterocycles. The van der Waals surface area contributed by atoms with Gasteiger partial charge in [0.05, 0.1) is 7.11 Å². The van der Waals surface area contributed by atoms with E-state index < -0.39 is 16.0 Å². The van der Waals surface area contributed by atoms with Crippen LogP contribution in [-0.2, 0) is 21.8 Å². The van der Waals surface area contributed by atoms with Crippen molar-refractivity contribution in [3.05, 3.63) is 47.3 Å². The Morgan fingerprint density at radius 1 is 1.03 bits per heavy atom. The van der Waals surface area contributed by atoms with E-state index in [-0.39, 0.29) is 16.4 Å². The molecule has 2 heterocycles. The summed E-state index contributed by atoms with van der Waals surface area (Å²) in [6.45, 7) is 4.93. The largest absolute Gasteiger partial charge is 0.464 e. The fourth-order valence-corrected chi connectivity index (χ4v) is 5.16. The number of benzene rings is 1. The minimum absolute atomic E-state index is 0.0111. The van der Waals surface area contributed by atoms with Crippen molar-refractivity contribution >= 4 is 27.5 Å². The second-order valence-electron chi connectivity index (χ2n) is 7.02. The van der Waals surface area contributed by atoms with E-state index in [4.69, 9.17) is 4.74 Å². The van der Waals surface area contributed by atoms with Gasteiger partial charge in [0.25, 0.3) is 0 Å². The summed E-state index contributed by atoms with van der Waals surface area (Å²) in [5, 5.41) is 0. The summed E-state index contributed by atoms with van der Waals surface area (Å²) in [5.41, 5.74) is 2.30. The zero-order chi connectivity index (χ0) is 21.3. The summed E-state index contributed by atoms with van der Waals surface area (Å²) in [7, 11) is -0.819. The maximum absolute atomic E-state index is 13.2. The molecule has 156 valence electrons. The van der Waals surface area contributed by atoms with Crippen molar-refractivity contribution in [2.24, 2.45) is 7.05 Å². The summed E-state index contributed by atoms with van der Waals surface area (Å²) < 4.78 is 34.0. The highest BCUT2D eigenvalue weighted by Gasteiger charge is 2.32. The Morgan fingerprint density at radius 3 is 2.14 bits per heavy atom. The van der Waals surface area contributed by atoms with E-state index in [1.54, 1.807) is 26.1 Å². The first kappa shape index (κ1) is 21.1. The lowest BCUT2D eigenvalue weighted by atomic mass is 10.1. The number of aromatic nitrogens is 1. The van der Waals surface area contributed by atoms with E-state index >= 15 is 0 Å². The number of hydrogen-bond donors (Lipinski definition) is 0. The average molecular weight is 420 g/mol. The van der Waals surface area contributed by atoms with Crippen molar-refractivity contribution in [1.82, 2.24) is 8.87 Å². The lowest BCUT2D eigenvalue weighted by molar-refractivity contribution is 0.0589. The summed E-state index contributed by atoms with van der Waals surface area (Å²) in [5.74, 6) is -0.562. The smallest absolute Gasteiger partial charge is 0.354 e. The van der Waals surface area contributed by atoms with Crippen LogP contribution in [-0.4, -0.2) is 62.3 Å². The number of hydrogen-bond acceptors (Lipinski definition) is 6. The summed E-state index contributed by atoms with van der Waals surface area (Å²) in [4.78, 5) is 25.5. The number of nitrogens with zero attached hydrogens (tertiary/aromatic N) is 3. The highest BCUT2D eigenvalue weighted by molar-refractivity contribution is 7.89. The molecule has 0 unspecified atom stereocenters. The van der Waals surface area contributed by atoms with Crippen molar-refractivity contribution in [3.8, 4) is 0 Å². The van der Waals surface area contributed by atoms with Crippen LogP contribution in [0, 0.1) is 6.92 Å². The molecule has 0 radical (unpaired) electrons. The van der Waals surface area contributed by atoms with Gasteiger partial charge in [-0.2, -0.15) is 4.31 Å². The number of methoxy groups -OCH3 is 1. The zero-order valence-electron chi connectivity index (χ0n) is 17.0. The number of Topliss-reactive ketones (excluding diaryl/α,β-unsaturated/α-hetero) is 1. The van der Waals surface area contributed by atoms with Crippen molar-refractivity contribution in [1.29, 1.82) is 0 Å². The molecule has 3 rings (SSSR count). The van der Waals surface area contributed by atoms with Gasteiger partial charge in [0.2, 0.25) is 10.0 Å². The van der Waals surface area contributed by atoms with Crippen molar-refractivity contribution in [2.75, 3.05) is 38.2 Å². The van der Waals surface area contributed by atoms with Crippen LogP contribution < -0.4 is 4.90 Å². The first-order valence-electron chi connectivity index (χ1n) is 9.27. The molecule has 1 aromatic heterocycles. The number of anilines is 1. The van der Waals surface area contributed by atoms with Crippen molar-refractivity contribution in [3.63, 3.8) is 0 Å². The number of piperazine rings is 1. The third-order valence-corrected chi connectivity index (χ3v) is 7.39. The topological polar surface area (TPSA) is 88.9 Å². The molecule has 0 saturated carbocycles. The highest BCUT2D eigenvalue weighted by atomic mass is 32.2. The minimum Gasteiger partial charge on any atom is -0.464 e. The Hall–Kier alpha value is -2.65. The molecule has 1 aromatic carbocycles. The molecule has 1 aliphatic rings. The van der Waals surface area contributed by atoms with E-state index in [2.05, 4.69) is 4.90 Å². The number of carbonyl (C=O) groups excluding carboxylic acids is 2. The fourth-order valence-electron chi connectivity index (χ4n) is 3.47. The fraction of sp³-hybridized carbons (Fsp3) is 0.400. The summed E-state index contributed by atoms with van der Waals surface area (Å²) in [6.07, 6.45) is 0. The monoisotopic (exact) mass is 419 g/mol. The molecule has 0 N–H and O–H groups in total. The van der Waals surface area contributed by atoms with Gasteiger partial charge >= 0.3 is 5.97 Å². The maximum Gasteiger partial charge on any atom is 0.354 e. The van der Waals surface area contributed by atoms with Crippen LogP contribution in [0.2, 0.25) is 0 Å². The Labute approximate surface area is 170 Å². The third kappa shape index (κ3) is 3.92. The van der Waals surface area contributed by atoms with Crippen LogP contribution in [0.5, 0.6) is 0 Å². The first-order valence-corrected chi connectivity index (χ1v) is 10.7. The van der Waals surface area contributed by atoms with Gasteiger partial charge in [-0.05, 0) is 44.2 Å². The zero-order valence-corrected chi connectivity index (χ0v) is 17.8. The van der Waals surface area contributed by atoms with Gasteiger partial charge in [0.1, 0.15) is 10.6 Å². The predicted molar refractivity (Wildman–Crippen MR) is 109 cm³/mol. The molecule has 0 aliphatic carbocycles. The second kappa shape index (κ2) is 8.00. The van der Waals surface area contributed by atoms with Gasteiger partial charge in [0, 0.05) is 50.2 Å². The number of esters is 1. The van der Waals surface area contributed by atoms with Gasteiger partial charge in [-0.15, -0.1) is 0 Å². The molecule has 1 fully saturated rings. The van der Waals surface area contributed by atoms with Gasteiger partial charge in [-0.3, -0.25) is 4.79 Å². The molecule has 0 spiro atoms. The molecular formula is C20H25N3O5S. The van der Waals surface area contributed by atoms with Crippen LogP contribution in [0.25, 0.3) is 0 Å². The Kier molecular flexibility index (Phi) is 5.81. The van der Waals surface area contributed by atoms with E-state index in [9.17, 15) is 18.0 Å². The second-order valence-corrected chi connectivity index (χ2v) is 8.93. The minimum atomic E-state index is -3.73. The predicted octanol–water partition coefficient (Wildman–Crippen LogP) is 1.83. The average Bonchev–Trinajstić information content (AvgIpc) is 3.03. The molecule has 29 heavy (non-hydrogen) atoms. The number of ketones is 1. The molecule has 0 atom stereocenters. The van der Waals surface area contributed by atoms with Gasteiger partial charge in [-0.25, -0.2) is 13.2 Å². The van der Waals surface area contributed by atoms with Crippen molar-refractivity contribution < 1.29 is 22.7 Å². The van der Waals surface area contributed by atoms with Crippen LogP contribution in [0.1, 0.15) is 33.5 Å². The van der Waals surface area contributed by atoms with Crippen LogP contribution in [0.4, 0.5) is 5.69 Å². The lowest BCUT2D eigenvalue weighted by Gasteiger charge is -2.35. The van der Waals surface area contributed by atoms with Gasteiger partial charge in [-0.1, -0.05) is 0 Å². The molecule has 2 aromatic rings. The summed E-state index contributed by atoms with van der Waals surface area (Å²) >= 11 is 0. The standard InChI is InChI=1S/C20H25N3O5S/c1-14-19(13-18(21(14)3)20(25)28-4)29(26,27)23-11-9-22(10-12-23)17-7-5-16(6-8-17)15(2)24/h5-8,13H,9-12H2,1-4H3. The molecular weight excluding hydrogens is 394 g/mol. The van der Waals surface area contributed by atoms with Crippen LogP contribution in [0.3, 0.4) is 0 Å². The molecule has 0 amide bonds. The number of rotatable bonds is 5. The molecule has 1 aliphatic heterocycles. The lowest BCUT2D eigenvalue weighted by Crippen LogP contribution is -2.48.